The fraction of sp³-hybridized carbons (Fsp3) is 0.625. The lowest BCUT2D eigenvalue weighted by Crippen LogP contribution is -2.55. The Hall–Kier alpha value is -1.67. The van der Waals surface area contributed by atoms with Crippen LogP contribution in [0.1, 0.15) is 13.3 Å². The van der Waals surface area contributed by atoms with E-state index in [-0.39, 0.29) is 29.5 Å². The number of nitrogens with one attached hydrogen (secondary N) is 1. The quantitative estimate of drug-likeness (QED) is 0.815. The molecule has 0 aromatic carbocycles. The van der Waals surface area contributed by atoms with E-state index in [1.165, 1.54) is 0 Å². The van der Waals surface area contributed by atoms with Gasteiger partial charge in [-0.1, -0.05) is 6.07 Å². The second-order valence-electron chi connectivity index (χ2n) is 6.50. The topological polar surface area (TPSA) is 82.6 Å². The van der Waals surface area contributed by atoms with Crippen molar-refractivity contribution in [3.8, 4) is 0 Å². The van der Waals surface area contributed by atoms with E-state index in [9.17, 15) is 13.2 Å². The number of carbonyl (C=O) groups excluding carboxylic acids is 1. The molecule has 24 heavy (non-hydrogen) atoms. The molecule has 132 valence electrons. The SMILES string of the molecule is C[C@@H](C(=O)N[C@H]1CCS(=O)(=O)C1)N1CCN(c2ccccn2)CC1. The van der Waals surface area contributed by atoms with E-state index in [1.807, 2.05) is 25.1 Å². The molecule has 1 aromatic rings. The van der Waals surface area contributed by atoms with Crippen LogP contribution in [0.5, 0.6) is 0 Å². The summed E-state index contributed by atoms with van der Waals surface area (Å²) in [5, 5.41) is 2.89. The summed E-state index contributed by atoms with van der Waals surface area (Å²) in [5.41, 5.74) is 0. The molecule has 3 rings (SSSR count). The van der Waals surface area contributed by atoms with Crippen LogP contribution in [0.15, 0.2) is 24.4 Å². The van der Waals surface area contributed by atoms with Crippen LogP contribution in [0.2, 0.25) is 0 Å². The van der Waals surface area contributed by atoms with Crippen LogP contribution < -0.4 is 10.2 Å². The lowest BCUT2D eigenvalue weighted by molar-refractivity contribution is -0.126. The van der Waals surface area contributed by atoms with Gasteiger partial charge in [0.1, 0.15) is 5.82 Å². The average Bonchev–Trinajstić information content (AvgIpc) is 2.93. The van der Waals surface area contributed by atoms with Gasteiger partial charge in [0, 0.05) is 38.4 Å². The van der Waals surface area contributed by atoms with Gasteiger partial charge in [-0.3, -0.25) is 9.69 Å². The number of piperazine rings is 1. The largest absolute Gasteiger partial charge is 0.354 e. The Kier molecular flexibility index (Phi) is 5.05. The van der Waals surface area contributed by atoms with Crippen LogP contribution in [0.4, 0.5) is 5.82 Å². The molecule has 0 bridgehead atoms. The summed E-state index contributed by atoms with van der Waals surface area (Å²) in [4.78, 5) is 21.1. The van der Waals surface area contributed by atoms with Crippen molar-refractivity contribution in [2.45, 2.75) is 25.4 Å². The molecule has 0 unspecified atom stereocenters. The van der Waals surface area contributed by atoms with Gasteiger partial charge in [0.15, 0.2) is 9.84 Å². The van der Waals surface area contributed by atoms with E-state index in [2.05, 4.69) is 20.1 Å². The van der Waals surface area contributed by atoms with Crippen molar-refractivity contribution in [3.63, 3.8) is 0 Å². The van der Waals surface area contributed by atoms with Gasteiger partial charge in [-0.2, -0.15) is 0 Å². The molecule has 0 spiro atoms. The highest BCUT2D eigenvalue weighted by atomic mass is 32.2. The van der Waals surface area contributed by atoms with E-state index in [0.29, 0.717) is 6.42 Å². The van der Waals surface area contributed by atoms with Crippen LogP contribution in [0, 0.1) is 0 Å². The number of hydrogen-bond donors (Lipinski definition) is 1. The predicted octanol–water partition coefficient (Wildman–Crippen LogP) is -0.105. The first-order valence-electron chi connectivity index (χ1n) is 8.35. The number of aromatic nitrogens is 1. The zero-order chi connectivity index (χ0) is 17.2. The highest BCUT2D eigenvalue weighted by Crippen LogP contribution is 2.15. The first-order valence-corrected chi connectivity index (χ1v) is 10.2. The Morgan fingerprint density at radius 3 is 2.62 bits per heavy atom. The van der Waals surface area contributed by atoms with Gasteiger partial charge >= 0.3 is 0 Å². The molecule has 2 aliphatic heterocycles. The maximum Gasteiger partial charge on any atom is 0.237 e. The third-order valence-corrected chi connectivity index (χ3v) is 6.56. The van der Waals surface area contributed by atoms with E-state index in [1.54, 1.807) is 6.20 Å². The van der Waals surface area contributed by atoms with E-state index < -0.39 is 9.84 Å². The van der Waals surface area contributed by atoms with Crippen molar-refractivity contribution in [3.05, 3.63) is 24.4 Å². The molecule has 0 saturated carbocycles. The van der Waals surface area contributed by atoms with Crippen LogP contribution in [0.3, 0.4) is 0 Å². The molecule has 3 heterocycles. The molecular weight excluding hydrogens is 328 g/mol. The lowest BCUT2D eigenvalue weighted by Gasteiger charge is -2.38. The van der Waals surface area contributed by atoms with E-state index in [0.717, 1.165) is 32.0 Å². The number of anilines is 1. The highest BCUT2D eigenvalue weighted by molar-refractivity contribution is 7.91. The second kappa shape index (κ2) is 7.06. The summed E-state index contributed by atoms with van der Waals surface area (Å²) >= 11 is 0. The molecule has 8 heteroatoms. The Morgan fingerprint density at radius 2 is 2.04 bits per heavy atom. The number of hydrogen-bond acceptors (Lipinski definition) is 6. The monoisotopic (exact) mass is 352 g/mol. The Morgan fingerprint density at radius 1 is 1.29 bits per heavy atom. The number of amides is 1. The number of sulfone groups is 1. The van der Waals surface area contributed by atoms with Gasteiger partial charge in [0.25, 0.3) is 0 Å². The fourth-order valence-corrected chi connectivity index (χ4v) is 4.95. The molecular formula is C16H24N4O3S. The summed E-state index contributed by atoms with van der Waals surface area (Å²) < 4.78 is 23.0. The fourth-order valence-electron chi connectivity index (χ4n) is 3.28. The molecule has 2 atom stereocenters. The maximum absolute atomic E-state index is 12.4. The van der Waals surface area contributed by atoms with Crippen molar-refractivity contribution in [2.75, 3.05) is 42.6 Å². The Bertz CT molecular complexity index is 672. The zero-order valence-electron chi connectivity index (χ0n) is 13.9. The minimum absolute atomic E-state index is 0.0684. The number of nitrogens with zero attached hydrogens (tertiary/aromatic N) is 3. The van der Waals surface area contributed by atoms with Crippen molar-refractivity contribution < 1.29 is 13.2 Å². The van der Waals surface area contributed by atoms with Gasteiger partial charge in [-0.15, -0.1) is 0 Å². The van der Waals surface area contributed by atoms with Crippen molar-refractivity contribution in [2.24, 2.45) is 0 Å². The first kappa shape index (κ1) is 17.2. The molecule has 1 amide bonds. The number of carbonyl (C=O) groups is 1. The predicted molar refractivity (Wildman–Crippen MR) is 92.7 cm³/mol. The highest BCUT2D eigenvalue weighted by Gasteiger charge is 2.32. The first-order chi connectivity index (χ1) is 11.4. The molecule has 2 fully saturated rings. The third kappa shape index (κ3) is 4.05. The number of rotatable bonds is 4. The summed E-state index contributed by atoms with van der Waals surface area (Å²) in [6.45, 7) is 5.11. The third-order valence-electron chi connectivity index (χ3n) is 4.79. The van der Waals surface area contributed by atoms with Gasteiger partial charge < -0.3 is 10.2 Å². The summed E-state index contributed by atoms with van der Waals surface area (Å²) in [6, 6.07) is 5.38. The Labute approximate surface area is 143 Å². The van der Waals surface area contributed by atoms with Gasteiger partial charge in [0.2, 0.25) is 5.91 Å². The zero-order valence-corrected chi connectivity index (χ0v) is 14.7. The molecule has 0 aliphatic carbocycles. The van der Waals surface area contributed by atoms with Crippen molar-refractivity contribution in [1.82, 2.24) is 15.2 Å². The average molecular weight is 352 g/mol. The summed E-state index contributed by atoms with van der Waals surface area (Å²) in [7, 11) is -2.97. The molecule has 7 nitrogen and oxygen atoms in total. The molecule has 2 saturated heterocycles. The van der Waals surface area contributed by atoms with E-state index >= 15 is 0 Å². The van der Waals surface area contributed by atoms with Gasteiger partial charge in [-0.05, 0) is 25.5 Å². The second-order valence-corrected chi connectivity index (χ2v) is 8.72. The molecule has 1 aromatic heterocycles. The minimum Gasteiger partial charge on any atom is -0.354 e. The van der Waals surface area contributed by atoms with Gasteiger partial charge in [-0.25, -0.2) is 13.4 Å². The molecule has 2 aliphatic rings. The summed E-state index contributed by atoms with van der Waals surface area (Å²) in [5.74, 6) is 1.13. The normalized spacial score (nSPS) is 25.4. The smallest absolute Gasteiger partial charge is 0.237 e. The Balaban J connectivity index is 1.50. The molecule has 0 radical (unpaired) electrons. The number of pyridine rings is 1. The molecule has 1 N–H and O–H groups in total. The lowest BCUT2D eigenvalue weighted by atomic mass is 10.2. The van der Waals surface area contributed by atoms with Crippen LogP contribution in [0.25, 0.3) is 0 Å². The van der Waals surface area contributed by atoms with Crippen LogP contribution >= 0.6 is 0 Å². The van der Waals surface area contributed by atoms with Crippen LogP contribution in [-0.2, 0) is 14.6 Å². The van der Waals surface area contributed by atoms with Gasteiger partial charge in [0.05, 0.1) is 17.5 Å². The summed E-state index contributed by atoms with van der Waals surface area (Å²) in [6.07, 6.45) is 2.31. The van der Waals surface area contributed by atoms with Crippen molar-refractivity contribution >= 4 is 21.6 Å². The van der Waals surface area contributed by atoms with Crippen LogP contribution in [-0.4, -0.2) is 74.0 Å². The maximum atomic E-state index is 12.4. The minimum atomic E-state index is -2.97. The standard InChI is InChI=1S/C16H24N4O3S/c1-13(16(21)18-14-5-11-24(22,23)12-14)19-7-9-20(10-8-19)15-4-2-3-6-17-15/h2-4,6,13-14H,5,7-12H2,1H3,(H,18,21)/t13-,14-/m0/s1. The van der Waals surface area contributed by atoms with Crippen molar-refractivity contribution in [1.29, 1.82) is 0 Å². The van der Waals surface area contributed by atoms with E-state index in [4.69, 9.17) is 0 Å².